The van der Waals surface area contributed by atoms with Crippen molar-refractivity contribution in [3.63, 3.8) is 0 Å². The van der Waals surface area contributed by atoms with Crippen LogP contribution in [0.15, 0.2) is 12.3 Å². The van der Waals surface area contributed by atoms with Crippen LogP contribution in [-0.2, 0) is 7.05 Å². The van der Waals surface area contributed by atoms with Crippen LogP contribution in [0, 0.1) is 5.92 Å². The van der Waals surface area contributed by atoms with E-state index < -0.39 is 0 Å². The van der Waals surface area contributed by atoms with E-state index in [0.717, 1.165) is 24.8 Å². The van der Waals surface area contributed by atoms with Gasteiger partial charge in [0.25, 0.3) is 0 Å². The summed E-state index contributed by atoms with van der Waals surface area (Å²) in [5.74, 6) is 1.92. The summed E-state index contributed by atoms with van der Waals surface area (Å²) < 4.78 is 1.81. The Labute approximate surface area is 84.7 Å². The topological polar surface area (TPSA) is 41.9 Å². The molecule has 1 fully saturated rings. The molecule has 14 heavy (non-hydrogen) atoms. The molecule has 0 saturated heterocycles. The predicted octanol–water partition coefficient (Wildman–Crippen LogP) is 0.832. The molecule has 78 valence electrons. The zero-order valence-corrected chi connectivity index (χ0v) is 8.66. The van der Waals surface area contributed by atoms with Crippen LogP contribution < -0.4 is 10.6 Å². The number of hydrogen-bond acceptors (Lipinski definition) is 3. The molecule has 4 nitrogen and oxygen atoms in total. The molecule has 1 aromatic heterocycles. The summed E-state index contributed by atoms with van der Waals surface area (Å²) in [4.78, 5) is 0. The van der Waals surface area contributed by atoms with Gasteiger partial charge >= 0.3 is 0 Å². The summed E-state index contributed by atoms with van der Waals surface area (Å²) in [5.41, 5.74) is 0. The number of aryl methyl sites for hydroxylation is 1. The van der Waals surface area contributed by atoms with Crippen LogP contribution >= 0.6 is 0 Å². The summed E-state index contributed by atoms with van der Waals surface area (Å²) in [6.07, 6.45) is 4.78. The lowest BCUT2D eigenvalue weighted by atomic mass is 10.4. The normalized spacial score (nSPS) is 15.8. The average molecular weight is 194 g/mol. The van der Waals surface area contributed by atoms with E-state index in [0.29, 0.717) is 0 Å². The van der Waals surface area contributed by atoms with Crippen molar-refractivity contribution in [2.24, 2.45) is 13.0 Å². The van der Waals surface area contributed by atoms with Gasteiger partial charge in [-0.05, 0) is 25.3 Å². The van der Waals surface area contributed by atoms with Crippen LogP contribution in [0.5, 0.6) is 0 Å². The first-order chi connectivity index (χ1) is 6.84. The largest absolute Gasteiger partial charge is 0.367 e. The lowest BCUT2D eigenvalue weighted by molar-refractivity contribution is 0.649. The smallest absolute Gasteiger partial charge is 0.148 e. The van der Waals surface area contributed by atoms with Crippen LogP contribution in [0.25, 0.3) is 0 Å². The second-order valence-corrected chi connectivity index (χ2v) is 3.95. The zero-order valence-electron chi connectivity index (χ0n) is 8.66. The Morgan fingerprint density at radius 3 is 3.00 bits per heavy atom. The van der Waals surface area contributed by atoms with Crippen molar-refractivity contribution in [1.29, 1.82) is 0 Å². The van der Waals surface area contributed by atoms with Gasteiger partial charge in [0.05, 0.1) is 0 Å². The highest BCUT2D eigenvalue weighted by molar-refractivity contribution is 5.31. The van der Waals surface area contributed by atoms with Gasteiger partial charge in [0.1, 0.15) is 5.82 Å². The molecule has 2 rings (SSSR count). The molecule has 0 radical (unpaired) electrons. The molecule has 1 aliphatic rings. The Morgan fingerprint density at radius 1 is 1.50 bits per heavy atom. The molecule has 2 N–H and O–H groups in total. The van der Waals surface area contributed by atoms with Crippen LogP contribution in [-0.4, -0.2) is 29.4 Å². The maximum atomic E-state index is 4.23. The molecule has 0 unspecified atom stereocenters. The standard InChI is InChI=1S/C10H18N4/c1-14-7-4-10(13-14)12-6-5-11-8-9-2-3-9/h4,7,9,11H,2-3,5-6,8H2,1H3,(H,12,13). The number of nitrogens with zero attached hydrogens (tertiary/aromatic N) is 2. The molecule has 0 amide bonds. The Hall–Kier alpha value is -1.03. The van der Waals surface area contributed by atoms with Crippen LogP contribution in [0.3, 0.4) is 0 Å². The van der Waals surface area contributed by atoms with Gasteiger partial charge in [-0.3, -0.25) is 4.68 Å². The highest BCUT2D eigenvalue weighted by Gasteiger charge is 2.19. The number of anilines is 1. The van der Waals surface area contributed by atoms with Crippen molar-refractivity contribution in [2.45, 2.75) is 12.8 Å². The van der Waals surface area contributed by atoms with E-state index in [1.807, 2.05) is 19.3 Å². The molecular weight excluding hydrogens is 176 g/mol. The molecule has 1 heterocycles. The minimum Gasteiger partial charge on any atom is -0.367 e. The maximum Gasteiger partial charge on any atom is 0.148 e. The summed E-state index contributed by atoms with van der Waals surface area (Å²) in [6, 6.07) is 1.99. The van der Waals surface area contributed by atoms with Gasteiger partial charge in [0, 0.05) is 32.4 Å². The Morgan fingerprint density at radius 2 is 2.36 bits per heavy atom. The average Bonchev–Trinajstić information content (AvgIpc) is 2.89. The molecule has 1 aliphatic carbocycles. The van der Waals surface area contributed by atoms with Crippen LogP contribution in [0.1, 0.15) is 12.8 Å². The van der Waals surface area contributed by atoms with Gasteiger partial charge in [-0.2, -0.15) is 5.10 Å². The molecule has 0 atom stereocenters. The van der Waals surface area contributed by atoms with Crippen molar-refractivity contribution in [3.05, 3.63) is 12.3 Å². The summed E-state index contributed by atoms with van der Waals surface area (Å²) in [5, 5.41) is 10.9. The molecule has 1 aromatic rings. The fraction of sp³-hybridized carbons (Fsp3) is 0.700. The monoisotopic (exact) mass is 194 g/mol. The number of rotatable bonds is 6. The Balaban J connectivity index is 1.53. The van der Waals surface area contributed by atoms with Crippen LogP contribution in [0.2, 0.25) is 0 Å². The van der Waals surface area contributed by atoms with Crippen LogP contribution in [0.4, 0.5) is 5.82 Å². The first kappa shape index (κ1) is 9.52. The zero-order chi connectivity index (χ0) is 9.80. The Bertz CT molecular complexity index is 277. The van der Waals surface area contributed by atoms with Gasteiger partial charge < -0.3 is 10.6 Å². The van der Waals surface area contributed by atoms with E-state index in [1.54, 1.807) is 4.68 Å². The van der Waals surface area contributed by atoms with E-state index in [4.69, 9.17) is 0 Å². The predicted molar refractivity (Wildman–Crippen MR) is 57.3 cm³/mol. The van der Waals surface area contributed by atoms with Crippen molar-refractivity contribution in [1.82, 2.24) is 15.1 Å². The number of nitrogens with one attached hydrogen (secondary N) is 2. The molecule has 0 spiro atoms. The lowest BCUT2D eigenvalue weighted by Crippen LogP contribution is -2.24. The molecule has 0 bridgehead atoms. The maximum absolute atomic E-state index is 4.23. The van der Waals surface area contributed by atoms with Crippen molar-refractivity contribution >= 4 is 5.82 Å². The first-order valence-electron chi connectivity index (χ1n) is 5.29. The first-order valence-corrected chi connectivity index (χ1v) is 5.29. The highest BCUT2D eigenvalue weighted by Crippen LogP contribution is 2.27. The third-order valence-electron chi connectivity index (χ3n) is 2.45. The van der Waals surface area contributed by atoms with Gasteiger partial charge in [0.15, 0.2) is 0 Å². The van der Waals surface area contributed by atoms with Crippen molar-refractivity contribution < 1.29 is 0 Å². The Kier molecular flexibility index (Phi) is 3.03. The second-order valence-electron chi connectivity index (χ2n) is 3.95. The van der Waals surface area contributed by atoms with Gasteiger partial charge in [-0.15, -0.1) is 0 Å². The van der Waals surface area contributed by atoms with Gasteiger partial charge in [-0.1, -0.05) is 0 Å². The van der Waals surface area contributed by atoms with E-state index in [1.165, 1.54) is 19.4 Å². The highest BCUT2D eigenvalue weighted by atomic mass is 15.3. The third kappa shape index (κ3) is 3.03. The molecule has 0 aliphatic heterocycles. The minimum absolute atomic E-state index is 0.948. The quantitative estimate of drug-likeness (QED) is 0.659. The molecule has 0 aromatic carbocycles. The van der Waals surface area contributed by atoms with E-state index >= 15 is 0 Å². The van der Waals surface area contributed by atoms with E-state index in [2.05, 4.69) is 15.7 Å². The summed E-state index contributed by atoms with van der Waals surface area (Å²) in [7, 11) is 1.93. The lowest BCUT2D eigenvalue weighted by Gasteiger charge is -2.04. The second kappa shape index (κ2) is 4.46. The molecule has 4 heteroatoms. The SMILES string of the molecule is Cn1ccc(NCCNCC2CC2)n1. The third-order valence-corrected chi connectivity index (χ3v) is 2.45. The fourth-order valence-electron chi connectivity index (χ4n) is 1.42. The van der Waals surface area contributed by atoms with Gasteiger partial charge in [-0.25, -0.2) is 0 Å². The summed E-state index contributed by atoms with van der Waals surface area (Å²) in [6.45, 7) is 3.15. The summed E-state index contributed by atoms with van der Waals surface area (Å²) >= 11 is 0. The van der Waals surface area contributed by atoms with E-state index in [-0.39, 0.29) is 0 Å². The van der Waals surface area contributed by atoms with E-state index in [9.17, 15) is 0 Å². The molecular formula is C10H18N4. The van der Waals surface area contributed by atoms with Gasteiger partial charge in [0.2, 0.25) is 0 Å². The molecule has 1 saturated carbocycles. The van der Waals surface area contributed by atoms with Crippen molar-refractivity contribution in [2.75, 3.05) is 25.0 Å². The number of hydrogen-bond donors (Lipinski definition) is 2. The number of aromatic nitrogens is 2. The fourth-order valence-corrected chi connectivity index (χ4v) is 1.42. The minimum atomic E-state index is 0.948. The van der Waals surface area contributed by atoms with Crippen molar-refractivity contribution in [3.8, 4) is 0 Å².